The van der Waals surface area contributed by atoms with Gasteiger partial charge in [-0.1, -0.05) is 6.07 Å². The van der Waals surface area contributed by atoms with E-state index in [-0.39, 0.29) is 11.7 Å². The van der Waals surface area contributed by atoms with E-state index in [1.54, 1.807) is 38.5 Å². The standard InChI is InChI=1S/C14H14FN3O/c1-16-13-6-7-17-9-12(13)14(19)18(2)11-5-3-4-10(15)8-11/h3-9H,1-2H3,(H,16,17). The van der Waals surface area contributed by atoms with Gasteiger partial charge in [0.25, 0.3) is 5.91 Å². The Morgan fingerprint density at radius 2 is 2.16 bits per heavy atom. The van der Waals surface area contributed by atoms with E-state index in [1.807, 2.05) is 0 Å². The molecule has 0 unspecified atom stereocenters. The normalized spacial score (nSPS) is 10.1. The van der Waals surface area contributed by atoms with Gasteiger partial charge in [-0.3, -0.25) is 9.78 Å². The monoisotopic (exact) mass is 259 g/mol. The molecule has 0 spiro atoms. The summed E-state index contributed by atoms with van der Waals surface area (Å²) in [5.41, 5.74) is 1.62. The molecule has 2 rings (SSSR count). The van der Waals surface area contributed by atoms with Crippen LogP contribution in [0.4, 0.5) is 15.8 Å². The van der Waals surface area contributed by atoms with Crippen molar-refractivity contribution < 1.29 is 9.18 Å². The van der Waals surface area contributed by atoms with Gasteiger partial charge in [-0.15, -0.1) is 0 Å². The summed E-state index contributed by atoms with van der Waals surface area (Å²) < 4.78 is 13.2. The van der Waals surface area contributed by atoms with E-state index in [0.717, 1.165) is 0 Å². The van der Waals surface area contributed by atoms with Gasteiger partial charge in [-0.2, -0.15) is 0 Å². The molecule has 19 heavy (non-hydrogen) atoms. The predicted octanol–water partition coefficient (Wildman–Crippen LogP) is 2.54. The second-order valence-electron chi connectivity index (χ2n) is 4.02. The van der Waals surface area contributed by atoms with Crippen molar-refractivity contribution in [2.75, 3.05) is 24.3 Å². The zero-order valence-electron chi connectivity index (χ0n) is 10.7. The van der Waals surface area contributed by atoms with E-state index >= 15 is 0 Å². The van der Waals surface area contributed by atoms with Crippen LogP contribution in [0.5, 0.6) is 0 Å². The first-order valence-electron chi connectivity index (χ1n) is 5.79. The summed E-state index contributed by atoms with van der Waals surface area (Å²) in [6.07, 6.45) is 3.09. The van der Waals surface area contributed by atoms with Gasteiger partial charge in [0, 0.05) is 37.9 Å². The Morgan fingerprint density at radius 3 is 2.84 bits per heavy atom. The number of halogens is 1. The number of amides is 1. The lowest BCUT2D eigenvalue weighted by Crippen LogP contribution is -2.27. The number of hydrogen-bond acceptors (Lipinski definition) is 3. The summed E-state index contributed by atoms with van der Waals surface area (Å²) in [5, 5.41) is 2.93. The van der Waals surface area contributed by atoms with Crippen LogP contribution in [-0.2, 0) is 0 Å². The lowest BCUT2D eigenvalue weighted by Gasteiger charge is -2.18. The Kier molecular flexibility index (Phi) is 3.75. The summed E-state index contributed by atoms with van der Waals surface area (Å²) in [6, 6.07) is 7.61. The van der Waals surface area contributed by atoms with Crippen LogP contribution in [0.2, 0.25) is 0 Å². The summed E-state index contributed by atoms with van der Waals surface area (Å²) in [7, 11) is 3.33. The molecule has 0 radical (unpaired) electrons. The summed E-state index contributed by atoms with van der Waals surface area (Å²) in [5.74, 6) is -0.625. The van der Waals surface area contributed by atoms with Crippen molar-refractivity contribution in [1.29, 1.82) is 0 Å². The fourth-order valence-corrected chi connectivity index (χ4v) is 1.77. The lowest BCUT2D eigenvalue weighted by molar-refractivity contribution is 0.0993. The van der Waals surface area contributed by atoms with Crippen molar-refractivity contribution in [2.45, 2.75) is 0 Å². The summed E-state index contributed by atoms with van der Waals surface area (Å²) >= 11 is 0. The molecule has 0 saturated heterocycles. The maximum atomic E-state index is 13.2. The Hall–Kier alpha value is -2.43. The SMILES string of the molecule is CNc1ccncc1C(=O)N(C)c1cccc(F)c1. The van der Waals surface area contributed by atoms with Gasteiger partial charge in [0.15, 0.2) is 0 Å². The molecule has 5 heteroatoms. The number of carbonyl (C=O) groups is 1. The minimum absolute atomic E-state index is 0.247. The number of nitrogens with zero attached hydrogens (tertiary/aromatic N) is 2. The van der Waals surface area contributed by atoms with Crippen LogP contribution in [0.1, 0.15) is 10.4 Å². The highest BCUT2D eigenvalue weighted by atomic mass is 19.1. The third kappa shape index (κ3) is 2.70. The van der Waals surface area contributed by atoms with Gasteiger partial charge < -0.3 is 10.2 Å². The van der Waals surface area contributed by atoms with Crippen molar-refractivity contribution in [3.63, 3.8) is 0 Å². The molecule has 4 nitrogen and oxygen atoms in total. The minimum atomic E-state index is -0.378. The van der Waals surface area contributed by atoms with Crippen LogP contribution in [0.3, 0.4) is 0 Å². The number of benzene rings is 1. The molecule has 1 N–H and O–H groups in total. The Balaban J connectivity index is 2.33. The largest absolute Gasteiger partial charge is 0.387 e. The number of carbonyl (C=O) groups excluding carboxylic acids is 1. The molecule has 0 saturated carbocycles. The third-order valence-electron chi connectivity index (χ3n) is 2.82. The number of aromatic nitrogens is 1. The molecule has 1 amide bonds. The van der Waals surface area contributed by atoms with Crippen molar-refractivity contribution in [1.82, 2.24) is 4.98 Å². The average molecular weight is 259 g/mol. The highest BCUT2D eigenvalue weighted by Crippen LogP contribution is 2.20. The number of pyridine rings is 1. The molecule has 0 aliphatic rings. The Morgan fingerprint density at radius 1 is 1.37 bits per heavy atom. The summed E-state index contributed by atoms with van der Waals surface area (Å²) in [4.78, 5) is 17.7. The van der Waals surface area contributed by atoms with E-state index in [0.29, 0.717) is 16.9 Å². The highest BCUT2D eigenvalue weighted by molar-refractivity contribution is 6.09. The molecule has 0 aliphatic heterocycles. The summed E-state index contributed by atoms with van der Waals surface area (Å²) in [6.45, 7) is 0. The van der Waals surface area contributed by atoms with E-state index < -0.39 is 0 Å². The van der Waals surface area contributed by atoms with Crippen LogP contribution in [0.25, 0.3) is 0 Å². The lowest BCUT2D eigenvalue weighted by atomic mass is 10.2. The first-order valence-corrected chi connectivity index (χ1v) is 5.79. The number of anilines is 2. The van der Waals surface area contributed by atoms with Crippen LogP contribution in [-0.4, -0.2) is 25.0 Å². The molecule has 1 aromatic carbocycles. The zero-order valence-corrected chi connectivity index (χ0v) is 10.7. The Labute approximate surface area is 110 Å². The fraction of sp³-hybridized carbons (Fsp3) is 0.143. The van der Waals surface area contributed by atoms with E-state index in [1.165, 1.54) is 23.2 Å². The van der Waals surface area contributed by atoms with Crippen molar-refractivity contribution in [3.05, 3.63) is 54.1 Å². The smallest absolute Gasteiger partial charge is 0.261 e. The quantitative estimate of drug-likeness (QED) is 0.921. The fourth-order valence-electron chi connectivity index (χ4n) is 1.77. The Bertz CT molecular complexity index is 601. The maximum absolute atomic E-state index is 13.2. The molecular formula is C14H14FN3O. The molecule has 0 aliphatic carbocycles. The number of rotatable bonds is 3. The van der Waals surface area contributed by atoms with E-state index in [2.05, 4.69) is 10.3 Å². The van der Waals surface area contributed by atoms with Gasteiger partial charge in [0.2, 0.25) is 0 Å². The predicted molar refractivity (Wildman–Crippen MR) is 72.9 cm³/mol. The van der Waals surface area contributed by atoms with Crippen LogP contribution < -0.4 is 10.2 Å². The van der Waals surface area contributed by atoms with Crippen molar-refractivity contribution in [2.24, 2.45) is 0 Å². The molecule has 0 fully saturated rings. The average Bonchev–Trinajstić information content (AvgIpc) is 2.45. The van der Waals surface area contributed by atoms with Crippen molar-refractivity contribution in [3.8, 4) is 0 Å². The van der Waals surface area contributed by atoms with Gasteiger partial charge in [0.1, 0.15) is 5.82 Å². The van der Waals surface area contributed by atoms with Crippen LogP contribution in [0.15, 0.2) is 42.7 Å². The second-order valence-corrected chi connectivity index (χ2v) is 4.02. The third-order valence-corrected chi connectivity index (χ3v) is 2.82. The maximum Gasteiger partial charge on any atom is 0.261 e. The number of nitrogens with one attached hydrogen (secondary N) is 1. The topological polar surface area (TPSA) is 45.2 Å². The highest BCUT2D eigenvalue weighted by Gasteiger charge is 2.17. The van der Waals surface area contributed by atoms with Crippen molar-refractivity contribution >= 4 is 17.3 Å². The first-order chi connectivity index (χ1) is 9.13. The van der Waals surface area contributed by atoms with E-state index in [4.69, 9.17) is 0 Å². The van der Waals surface area contributed by atoms with E-state index in [9.17, 15) is 9.18 Å². The molecule has 0 atom stereocenters. The molecule has 0 bridgehead atoms. The molecule has 1 heterocycles. The van der Waals surface area contributed by atoms with Gasteiger partial charge in [0.05, 0.1) is 5.56 Å². The minimum Gasteiger partial charge on any atom is -0.387 e. The van der Waals surface area contributed by atoms with Crippen LogP contribution in [0, 0.1) is 5.82 Å². The van der Waals surface area contributed by atoms with Gasteiger partial charge in [-0.05, 0) is 24.3 Å². The first kappa shape index (κ1) is 13.0. The molecular weight excluding hydrogens is 245 g/mol. The van der Waals surface area contributed by atoms with Gasteiger partial charge in [-0.25, -0.2) is 4.39 Å². The molecule has 2 aromatic rings. The zero-order chi connectivity index (χ0) is 13.8. The molecule has 98 valence electrons. The number of hydrogen-bond donors (Lipinski definition) is 1. The van der Waals surface area contributed by atoms with Crippen LogP contribution >= 0.6 is 0 Å². The van der Waals surface area contributed by atoms with Gasteiger partial charge >= 0.3 is 0 Å². The molecule has 1 aromatic heterocycles. The second kappa shape index (κ2) is 5.48.